The highest BCUT2D eigenvalue weighted by molar-refractivity contribution is 5.96. The van der Waals surface area contributed by atoms with E-state index in [-0.39, 0.29) is 24.9 Å². The number of carboxylic acids is 1. The smallest absolute Gasteiger partial charge is 0.353 e. The van der Waals surface area contributed by atoms with Gasteiger partial charge in [0.25, 0.3) is 11.8 Å². The summed E-state index contributed by atoms with van der Waals surface area (Å²) < 4.78 is 0. The zero-order chi connectivity index (χ0) is 22.4. The van der Waals surface area contributed by atoms with Crippen molar-refractivity contribution in [3.8, 4) is 0 Å². The van der Waals surface area contributed by atoms with Crippen LogP contribution in [0.2, 0.25) is 0 Å². The molecule has 2 rings (SSSR count). The summed E-state index contributed by atoms with van der Waals surface area (Å²) in [6, 6.07) is 17.1. The Morgan fingerprint density at radius 3 is 1.63 bits per heavy atom. The van der Waals surface area contributed by atoms with Gasteiger partial charge in [0.1, 0.15) is 13.1 Å². The highest BCUT2D eigenvalue weighted by atomic mass is 16.7. The Morgan fingerprint density at radius 1 is 0.800 bits per heavy atom. The molecule has 0 aliphatic carbocycles. The second-order valence-corrected chi connectivity index (χ2v) is 5.99. The number of benzene rings is 2. The van der Waals surface area contributed by atoms with Gasteiger partial charge in [-0.05, 0) is 38.1 Å². The van der Waals surface area contributed by atoms with Crippen molar-refractivity contribution in [2.75, 3.05) is 13.1 Å². The van der Waals surface area contributed by atoms with Crippen LogP contribution in [-0.4, -0.2) is 47.7 Å². The van der Waals surface area contributed by atoms with Crippen LogP contribution in [0.3, 0.4) is 0 Å². The Balaban J connectivity index is 0.000000311. The lowest BCUT2D eigenvalue weighted by Gasteiger charge is -2.02. The van der Waals surface area contributed by atoms with E-state index in [0.29, 0.717) is 16.8 Å². The first-order valence-electron chi connectivity index (χ1n) is 8.89. The number of carbonyl (C=O) groups is 4. The summed E-state index contributed by atoms with van der Waals surface area (Å²) in [5, 5.41) is 16.5. The first-order chi connectivity index (χ1) is 14.3. The van der Waals surface area contributed by atoms with Gasteiger partial charge in [0.2, 0.25) is 0 Å². The molecule has 0 saturated heterocycles. The van der Waals surface area contributed by atoms with Gasteiger partial charge in [0, 0.05) is 11.1 Å². The van der Waals surface area contributed by atoms with Crippen LogP contribution in [0, 0.1) is 0 Å². The van der Waals surface area contributed by atoms with Crippen LogP contribution in [0.5, 0.6) is 0 Å². The van der Waals surface area contributed by atoms with Crippen molar-refractivity contribution in [2.24, 2.45) is 5.16 Å². The molecule has 0 saturated carbocycles. The third kappa shape index (κ3) is 10.4. The molecule has 0 aromatic heterocycles. The summed E-state index contributed by atoms with van der Waals surface area (Å²) >= 11 is 0. The molecule has 2 aromatic carbocycles. The number of hydrogen-bond acceptors (Lipinski definition) is 6. The van der Waals surface area contributed by atoms with E-state index in [1.807, 2.05) is 6.07 Å². The van der Waals surface area contributed by atoms with Gasteiger partial charge in [0.05, 0.1) is 5.71 Å². The van der Waals surface area contributed by atoms with E-state index in [1.165, 1.54) is 0 Å². The molecule has 9 heteroatoms. The van der Waals surface area contributed by atoms with Crippen LogP contribution in [0.15, 0.2) is 65.8 Å². The Hall–Kier alpha value is -4.01. The Kier molecular flexibility index (Phi) is 10.6. The average Bonchev–Trinajstić information content (AvgIpc) is 2.76. The van der Waals surface area contributed by atoms with E-state index in [4.69, 9.17) is 5.11 Å². The predicted octanol–water partition coefficient (Wildman–Crippen LogP) is 1.86. The summed E-state index contributed by atoms with van der Waals surface area (Å²) in [6.07, 6.45) is 0. The fourth-order valence-corrected chi connectivity index (χ4v) is 1.87. The third-order valence-corrected chi connectivity index (χ3v) is 3.20. The molecule has 9 nitrogen and oxygen atoms in total. The SMILES string of the molecule is CC(C)=NOC(=O)CNC(=O)c1ccccc1.O=C(O)CNC(=O)c1ccccc1. The van der Waals surface area contributed by atoms with Crippen molar-refractivity contribution >= 4 is 29.5 Å². The molecule has 0 unspecified atom stereocenters. The molecule has 0 aliphatic heterocycles. The Morgan fingerprint density at radius 2 is 1.23 bits per heavy atom. The quantitative estimate of drug-likeness (QED) is 0.360. The normalized spacial score (nSPS) is 9.27. The van der Waals surface area contributed by atoms with Crippen molar-refractivity contribution in [3.63, 3.8) is 0 Å². The fraction of sp³-hybridized carbons (Fsp3) is 0.190. The van der Waals surface area contributed by atoms with Gasteiger partial charge >= 0.3 is 11.9 Å². The molecule has 0 radical (unpaired) electrons. The van der Waals surface area contributed by atoms with Gasteiger partial charge < -0.3 is 20.6 Å². The Bertz CT molecular complexity index is 878. The topological polar surface area (TPSA) is 134 Å². The Labute approximate surface area is 173 Å². The molecule has 158 valence electrons. The summed E-state index contributed by atoms with van der Waals surface area (Å²) in [4.78, 5) is 48.5. The third-order valence-electron chi connectivity index (χ3n) is 3.20. The second kappa shape index (κ2) is 13.2. The summed E-state index contributed by atoms with van der Waals surface area (Å²) in [6.45, 7) is 2.85. The number of nitrogens with one attached hydrogen (secondary N) is 2. The molecule has 2 amide bonds. The van der Waals surface area contributed by atoms with E-state index in [9.17, 15) is 19.2 Å². The highest BCUT2D eigenvalue weighted by Gasteiger charge is 2.08. The monoisotopic (exact) mass is 413 g/mol. The van der Waals surface area contributed by atoms with E-state index in [1.54, 1.807) is 68.4 Å². The zero-order valence-electron chi connectivity index (χ0n) is 16.6. The minimum absolute atomic E-state index is 0.204. The fourth-order valence-electron chi connectivity index (χ4n) is 1.87. The van der Waals surface area contributed by atoms with Gasteiger partial charge in [-0.3, -0.25) is 14.4 Å². The maximum atomic E-state index is 11.5. The molecule has 3 N–H and O–H groups in total. The van der Waals surface area contributed by atoms with Crippen molar-refractivity contribution in [2.45, 2.75) is 13.8 Å². The first kappa shape index (κ1) is 24.0. The molecule has 0 atom stereocenters. The van der Waals surface area contributed by atoms with Gasteiger partial charge in [-0.25, -0.2) is 4.79 Å². The molecular formula is C21H23N3O6. The van der Waals surface area contributed by atoms with Gasteiger partial charge in [-0.15, -0.1) is 0 Å². The largest absolute Gasteiger partial charge is 0.480 e. The van der Waals surface area contributed by atoms with E-state index >= 15 is 0 Å². The lowest BCUT2D eigenvalue weighted by molar-refractivity contribution is -0.142. The maximum absolute atomic E-state index is 11.5. The van der Waals surface area contributed by atoms with Gasteiger partial charge in [-0.2, -0.15) is 0 Å². The summed E-state index contributed by atoms with van der Waals surface area (Å²) in [5.41, 5.74) is 1.59. The lowest BCUT2D eigenvalue weighted by atomic mass is 10.2. The average molecular weight is 413 g/mol. The number of hydrogen-bond donors (Lipinski definition) is 3. The minimum atomic E-state index is -1.05. The van der Waals surface area contributed by atoms with E-state index < -0.39 is 11.9 Å². The highest BCUT2D eigenvalue weighted by Crippen LogP contribution is 1.98. The number of nitrogens with zero attached hydrogens (tertiary/aromatic N) is 1. The van der Waals surface area contributed by atoms with Crippen LogP contribution in [0.25, 0.3) is 0 Å². The van der Waals surface area contributed by atoms with Crippen LogP contribution in [0.1, 0.15) is 34.6 Å². The predicted molar refractivity (Wildman–Crippen MR) is 110 cm³/mol. The maximum Gasteiger partial charge on any atom is 0.353 e. The van der Waals surface area contributed by atoms with Gasteiger partial charge in [-0.1, -0.05) is 41.6 Å². The van der Waals surface area contributed by atoms with Crippen LogP contribution < -0.4 is 10.6 Å². The number of oxime groups is 1. The number of carbonyl (C=O) groups excluding carboxylic acids is 3. The molecular weight excluding hydrogens is 390 g/mol. The minimum Gasteiger partial charge on any atom is -0.480 e. The van der Waals surface area contributed by atoms with Crippen molar-refractivity contribution in [1.82, 2.24) is 10.6 Å². The second-order valence-electron chi connectivity index (χ2n) is 5.99. The van der Waals surface area contributed by atoms with E-state index in [0.717, 1.165) is 0 Å². The molecule has 2 aromatic rings. The molecule has 0 heterocycles. The molecule has 30 heavy (non-hydrogen) atoms. The van der Waals surface area contributed by atoms with Crippen molar-refractivity contribution in [3.05, 3.63) is 71.8 Å². The van der Waals surface area contributed by atoms with Crippen LogP contribution in [-0.2, 0) is 14.4 Å². The first-order valence-corrected chi connectivity index (χ1v) is 8.89. The number of aliphatic carboxylic acids is 1. The number of carboxylic acid groups (broad SMARTS) is 1. The number of rotatable bonds is 7. The summed E-state index contributed by atoms with van der Waals surface area (Å²) in [7, 11) is 0. The van der Waals surface area contributed by atoms with Crippen molar-refractivity contribution in [1.29, 1.82) is 0 Å². The lowest BCUT2D eigenvalue weighted by Crippen LogP contribution is -2.30. The molecule has 0 fully saturated rings. The molecule has 0 bridgehead atoms. The van der Waals surface area contributed by atoms with Crippen LogP contribution >= 0.6 is 0 Å². The molecule has 0 spiro atoms. The van der Waals surface area contributed by atoms with Crippen molar-refractivity contribution < 1.29 is 29.1 Å². The van der Waals surface area contributed by atoms with Gasteiger partial charge in [0.15, 0.2) is 0 Å². The molecule has 0 aliphatic rings. The standard InChI is InChI=1S/C12H14N2O3.C9H9NO3/c1-9(2)14-17-11(15)8-13-12(16)10-6-4-3-5-7-10;11-8(12)6-10-9(13)7-4-2-1-3-5-7/h3-7H,8H2,1-2H3,(H,13,16);1-5H,6H2,(H,10,13)(H,11,12). The number of amides is 2. The zero-order valence-corrected chi connectivity index (χ0v) is 16.6. The summed E-state index contributed by atoms with van der Waals surface area (Å²) in [5.74, 6) is -2.34. The van der Waals surface area contributed by atoms with Crippen LogP contribution in [0.4, 0.5) is 0 Å². The van der Waals surface area contributed by atoms with E-state index in [2.05, 4.69) is 20.6 Å².